The summed E-state index contributed by atoms with van der Waals surface area (Å²) in [5.41, 5.74) is 15.5. The molecule has 0 aliphatic heterocycles. The van der Waals surface area contributed by atoms with Crippen LogP contribution in [-0.4, -0.2) is 20.5 Å². The van der Waals surface area contributed by atoms with Gasteiger partial charge in [-0.15, -0.1) is 0 Å². The van der Waals surface area contributed by atoms with Crippen molar-refractivity contribution in [3.63, 3.8) is 0 Å². The molecular weight excluding hydrogens is 819 g/mol. The number of aromatic nitrogens is 1. The van der Waals surface area contributed by atoms with E-state index < -0.39 is 16.1 Å². The Morgan fingerprint density at radius 1 is 0.354 bits per heavy atom. The fraction of sp³-hybridized carbons (Fsp3) is 0.133. The molecule has 65 heavy (non-hydrogen) atoms. The van der Waals surface area contributed by atoms with Gasteiger partial charge in [-0.25, -0.2) is 0 Å². The zero-order chi connectivity index (χ0) is 44.8. The lowest BCUT2D eigenvalue weighted by atomic mass is 9.97. The van der Waals surface area contributed by atoms with E-state index in [9.17, 15) is 0 Å². The molecule has 0 aliphatic carbocycles. The Morgan fingerprint density at radius 3 is 1.55 bits per heavy atom. The highest BCUT2D eigenvalue weighted by Gasteiger charge is 2.25. The van der Waals surface area contributed by atoms with Crippen LogP contribution in [0.1, 0.15) is 11.1 Å². The summed E-state index contributed by atoms with van der Waals surface area (Å²) in [7, 11) is -2.98. The third kappa shape index (κ3) is 7.11. The number of benzene rings is 9. The minimum absolute atomic E-state index is 1.14. The van der Waals surface area contributed by atoms with Crippen LogP contribution >= 0.6 is 0 Å². The van der Waals surface area contributed by atoms with Gasteiger partial charge in [0.15, 0.2) is 0 Å². The molecule has 0 radical (unpaired) electrons. The zero-order valence-corrected chi connectivity index (χ0v) is 40.7. The van der Waals surface area contributed by atoms with Gasteiger partial charge in [-0.05, 0) is 132 Å². The summed E-state index contributed by atoms with van der Waals surface area (Å²) in [6.07, 6.45) is 0. The number of nitrogens with zero attached hydrogens (tertiary/aromatic N) is 3. The van der Waals surface area contributed by atoms with Crippen LogP contribution in [0.4, 0.5) is 34.1 Å². The van der Waals surface area contributed by atoms with E-state index >= 15 is 0 Å². The Hall–Kier alpha value is -6.93. The van der Waals surface area contributed by atoms with Gasteiger partial charge < -0.3 is 14.2 Å². The van der Waals surface area contributed by atoms with Crippen molar-refractivity contribution in [2.75, 3.05) is 9.80 Å². The number of rotatable bonds is 9. The molecule has 318 valence electrons. The van der Waals surface area contributed by atoms with Crippen molar-refractivity contribution in [3.05, 3.63) is 199 Å². The molecule has 5 heteroatoms. The minimum atomic E-state index is -1.49. The van der Waals surface area contributed by atoms with Crippen LogP contribution in [-0.2, 0) is 0 Å². The van der Waals surface area contributed by atoms with Crippen molar-refractivity contribution < 1.29 is 0 Å². The first-order chi connectivity index (χ1) is 31.3. The average molecular weight is 874 g/mol. The lowest BCUT2D eigenvalue weighted by molar-refractivity contribution is 1.27. The third-order valence-corrected chi connectivity index (χ3v) is 17.6. The Bertz CT molecular complexity index is 3500. The predicted octanol–water partition coefficient (Wildman–Crippen LogP) is 16.3. The van der Waals surface area contributed by atoms with Gasteiger partial charge in [0.1, 0.15) is 0 Å². The van der Waals surface area contributed by atoms with Crippen LogP contribution in [0.25, 0.3) is 60.0 Å². The fourth-order valence-electron chi connectivity index (χ4n) is 9.98. The van der Waals surface area contributed by atoms with Crippen molar-refractivity contribution in [1.82, 2.24) is 4.40 Å². The van der Waals surface area contributed by atoms with Crippen LogP contribution in [0.2, 0.25) is 39.3 Å². The first-order valence-corrected chi connectivity index (χ1v) is 30.0. The molecule has 0 N–H and O–H groups in total. The molecule has 3 nitrogen and oxygen atoms in total. The number of fused-ring (bicyclic) bond motifs is 8. The molecule has 0 atom stereocenters. The van der Waals surface area contributed by atoms with Gasteiger partial charge in [0, 0.05) is 55.7 Å². The van der Waals surface area contributed by atoms with E-state index in [1.165, 1.54) is 92.9 Å². The highest BCUT2D eigenvalue weighted by molar-refractivity contribution is 6.89. The maximum atomic E-state index is 2.55. The molecule has 2 aromatic heterocycles. The number of hydrogen-bond donors (Lipinski definition) is 0. The second-order valence-electron chi connectivity index (χ2n) is 20.1. The topological polar surface area (TPSA) is 10.9 Å². The zero-order valence-electron chi connectivity index (χ0n) is 38.7. The molecule has 0 fully saturated rings. The summed E-state index contributed by atoms with van der Waals surface area (Å²) < 4.78 is 2.55. The fourth-order valence-corrected chi connectivity index (χ4v) is 12.3. The van der Waals surface area contributed by atoms with Crippen molar-refractivity contribution in [2.24, 2.45) is 0 Å². The average Bonchev–Trinajstić information content (AvgIpc) is 3.81. The molecule has 0 saturated heterocycles. The Balaban J connectivity index is 1.18. The molecule has 11 rings (SSSR count). The van der Waals surface area contributed by atoms with E-state index in [1.54, 1.807) is 0 Å². The second kappa shape index (κ2) is 15.4. The SMILES string of the molecule is Cc1ccc(N(c2cccc(C)c2)c2ccc3cc4c5ccc(N(c6ccc([Si](C)(C)C)cc6)c6ccc([Si](C)(C)C)cc6)cc5n5c6ccc(-c7ccccc7)cc6c(c3c2)c45)cc1. The molecule has 11 aromatic rings. The normalized spacial score (nSPS) is 12.3. The van der Waals surface area contributed by atoms with Crippen LogP contribution in [0.3, 0.4) is 0 Å². The summed E-state index contributed by atoms with van der Waals surface area (Å²) in [6, 6.07) is 71.1. The van der Waals surface area contributed by atoms with Gasteiger partial charge in [-0.3, -0.25) is 0 Å². The van der Waals surface area contributed by atoms with Crippen LogP contribution < -0.4 is 20.2 Å². The van der Waals surface area contributed by atoms with E-state index in [-0.39, 0.29) is 0 Å². The number of anilines is 6. The first kappa shape index (κ1) is 40.8. The molecular formula is C60H55N3Si2. The van der Waals surface area contributed by atoms with Crippen molar-refractivity contribution in [1.29, 1.82) is 0 Å². The third-order valence-electron chi connectivity index (χ3n) is 13.5. The van der Waals surface area contributed by atoms with E-state index in [0.717, 1.165) is 22.7 Å². The summed E-state index contributed by atoms with van der Waals surface area (Å²) in [5, 5.41) is 10.5. The van der Waals surface area contributed by atoms with Crippen LogP contribution in [0, 0.1) is 13.8 Å². The van der Waals surface area contributed by atoms with E-state index in [4.69, 9.17) is 0 Å². The Morgan fingerprint density at radius 2 is 0.923 bits per heavy atom. The molecule has 9 aromatic carbocycles. The summed E-state index contributed by atoms with van der Waals surface area (Å²) in [5.74, 6) is 0. The molecule has 0 saturated carbocycles. The Kier molecular flexibility index (Phi) is 9.65. The highest BCUT2D eigenvalue weighted by Crippen LogP contribution is 2.47. The highest BCUT2D eigenvalue weighted by atomic mass is 28.3. The summed E-state index contributed by atoms with van der Waals surface area (Å²) in [6.45, 7) is 18.9. The largest absolute Gasteiger partial charge is 0.310 e. The van der Waals surface area contributed by atoms with Gasteiger partial charge in [0.2, 0.25) is 0 Å². The number of hydrogen-bond acceptors (Lipinski definition) is 2. The van der Waals surface area contributed by atoms with Crippen LogP contribution in [0.15, 0.2) is 188 Å². The molecule has 0 amide bonds. The molecule has 0 spiro atoms. The number of aryl methyl sites for hydroxylation is 2. The first-order valence-electron chi connectivity index (χ1n) is 23.0. The molecule has 0 aliphatic rings. The summed E-state index contributed by atoms with van der Waals surface area (Å²) in [4.78, 5) is 4.86. The molecule has 2 heterocycles. The van der Waals surface area contributed by atoms with Gasteiger partial charge in [0.25, 0.3) is 0 Å². The van der Waals surface area contributed by atoms with Gasteiger partial charge in [-0.1, -0.05) is 152 Å². The maximum Gasteiger partial charge on any atom is 0.0775 e. The minimum Gasteiger partial charge on any atom is -0.310 e. The lowest BCUT2D eigenvalue weighted by Gasteiger charge is -2.27. The van der Waals surface area contributed by atoms with Crippen molar-refractivity contribution >= 4 is 110 Å². The van der Waals surface area contributed by atoms with Gasteiger partial charge in [-0.2, -0.15) is 0 Å². The smallest absolute Gasteiger partial charge is 0.0775 e. The van der Waals surface area contributed by atoms with Crippen LogP contribution in [0.5, 0.6) is 0 Å². The van der Waals surface area contributed by atoms with Crippen molar-refractivity contribution in [2.45, 2.75) is 53.1 Å². The van der Waals surface area contributed by atoms with E-state index in [1.807, 2.05) is 0 Å². The monoisotopic (exact) mass is 873 g/mol. The molecule has 0 unspecified atom stereocenters. The Labute approximate surface area is 385 Å². The van der Waals surface area contributed by atoms with E-state index in [2.05, 4.69) is 255 Å². The maximum absolute atomic E-state index is 2.55. The van der Waals surface area contributed by atoms with Gasteiger partial charge >= 0.3 is 0 Å². The molecule has 0 bridgehead atoms. The second-order valence-corrected chi connectivity index (χ2v) is 30.3. The quantitative estimate of drug-likeness (QED) is 0.134. The lowest BCUT2D eigenvalue weighted by Crippen LogP contribution is -2.37. The van der Waals surface area contributed by atoms with Crippen molar-refractivity contribution in [3.8, 4) is 11.1 Å². The standard InChI is InChI=1S/C60H55N3Si2/c1-40-17-21-45(22-18-40)62(48-16-12-13-41(2)35-48)49-23-19-44-37-55-53-33-28-50(61(46-24-29-51(30-25-46)64(3,4)5)47-26-31-52(32-27-47)65(6,7)8)39-58(53)63-57-34-20-43(42-14-10-9-11-15-42)36-56(57)59(60(55)63)54(44)38-49/h9-39H,1-8H3. The van der Waals surface area contributed by atoms with E-state index in [0.29, 0.717) is 0 Å². The van der Waals surface area contributed by atoms with Gasteiger partial charge in [0.05, 0.1) is 32.7 Å². The predicted molar refractivity (Wildman–Crippen MR) is 289 cm³/mol. The summed E-state index contributed by atoms with van der Waals surface area (Å²) >= 11 is 0.